The van der Waals surface area contributed by atoms with Gasteiger partial charge in [-0.3, -0.25) is 4.98 Å². The number of nitrogens with one attached hydrogen (secondary N) is 1. The van der Waals surface area contributed by atoms with Gasteiger partial charge in [-0.05, 0) is 26.0 Å². The van der Waals surface area contributed by atoms with E-state index in [1.165, 1.54) is 6.20 Å². The summed E-state index contributed by atoms with van der Waals surface area (Å²) in [6.45, 7) is 4.32. The van der Waals surface area contributed by atoms with E-state index in [-0.39, 0.29) is 18.5 Å². The average Bonchev–Trinajstić information content (AvgIpc) is 3.11. The van der Waals surface area contributed by atoms with Gasteiger partial charge in [-0.2, -0.15) is 13.2 Å². The lowest BCUT2D eigenvalue weighted by Crippen LogP contribution is -2.57. The van der Waals surface area contributed by atoms with Crippen LogP contribution in [0.5, 0.6) is 5.75 Å². The van der Waals surface area contributed by atoms with Gasteiger partial charge in [0.2, 0.25) is 0 Å². The minimum absolute atomic E-state index is 0.00238. The van der Waals surface area contributed by atoms with Gasteiger partial charge in [0.05, 0.1) is 32.2 Å². The molecule has 180 valence electrons. The molecule has 2 aromatic rings. The van der Waals surface area contributed by atoms with Crippen molar-refractivity contribution in [2.45, 2.75) is 50.2 Å². The Morgan fingerprint density at radius 3 is 2.70 bits per heavy atom. The summed E-state index contributed by atoms with van der Waals surface area (Å²) in [5.74, 6) is -0.123. The monoisotopic (exact) mass is 468 g/mol. The van der Waals surface area contributed by atoms with Gasteiger partial charge in [0.1, 0.15) is 29.9 Å². The van der Waals surface area contributed by atoms with E-state index in [9.17, 15) is 13.2 Å². The van der Waals surface area contributed by atoms with Crippen LogP contribution in [0.2, 0.25) is 0 Å². The fraction of sp³-hybridized carbons (Fsp3) is 0.545. The maximum Gasteiger partial charge on any atom is 0.434 e. The number of hydrogen-bond donors (Lipinski definition) is 1. The number of hydrogen-bond acceptors (Lipinski definition) is 8. The number of anilines is 2. The molecule has 4 atom stereocenters. The number of likely N-dealkylation sites (N-methyl/N-ethyl adjacent to an activating group) is 1. The van der Waals surface area contributed by atoms with Gasteiger partial charge in [0.25, 0.3) is 0 Å². The lowest BCUT2D eigenvalue weighted by atomic mass is 9.97. The fourth-order valence-electron chi connectivity index (χ4n) is 4.10. The largest absolute Gasteiger partial charge is 0.497 e. The van der Waals surface area contributed by atoms with E-state index in [2.05, 4.69) is 15.3 Å². The first kappa shape index (κ1) is 23.5. The Hall–Kier alpha value is -2.63. The zero-order chi connectivity index (χ0) is 23.8. The lowest BCUT2D eigenvalue weighted by molar-refractivity contribution is -0.152. The molecule has 0 unspecified atom stereocenters. The molecule has 0 spiro atoms. The van der Waals surface area contributed by atoms with Crippen molar-refractivity contribution in [1.29, 1.82) is 0 Å². The molecule has 2 saturated heterocycles. The van der Waals surface area contributed by atoms with Crippen LogP contribution in [-0.4, -0.2) is 67.4 Å². The average molecular weight is 468 g/mol. The molecule has 11 heteroatoms. The van der Waals surface area contributed by atoms with Gasteiger partial charge < -0.3 is 29.2 Å². The van der Waals surface area contributed by atoms with Gasteiger partial charge in [-0.15, -0.1) is 0 Å². The summed E-state index contributed by atoms with van der Waals surface area (Å²) >= 11 is 0. The van der Waals surface area contributed by atoms with E-state index in [0.29, 0.717) is 12.7 Å². The third kappa shape index (κ3) is 5.31. The summed E-state index contributed by atoms with van der Waals surface area (Å²) in [7, 11) is 3.55. The molecular formula is C22H27F3N4O4. The Bertz CT molecular complexity index is 975. The van der Waals surface area contributed by atoms with Gasteiger partial charge in [-0.25, -0.2) is 4.98 Å². The van der Waals surface area contributed by atoms with E-state index >= 15 is 0 Å². The second-order valence-electron chi connectivity index (χ2n) is 8.56. The number of methoxy groups -OCH3 is 1. The van der Waals surface area contributed by atoms with Crippen molar-refractivity contribution >= 4 is 11.5 Å². The predicted octanol–water partition coefficient (Wildman–Crippen LogP) is 3.34. The minimum atomic E-state index is -4.58. The molecule has 8 nitrogen and oxygen atoms in total. The summed E-state index contributed by atoms with van der Waals surface area (Å²) in [6, 6.07) is 7.20. The minimum Gasteiger partial charge on any atom is -0.497 e. The number of nitrogens with zero attached hydrogens (tertiary/aromatic N) is 3. The van der Waals surface area contributed by atoms with E-state index < -0.39 is 35.9 Å². The maximum atomic E-state index is 13.0. The summed E-state index contributed by atoms with van der Waals surface area (Å²) in [5.41, 5.74) is -0.116. The van der Waals surface area contributed by atoms with E-state index in [4.69, 9.17) is 18.9 Å². The van der Waals surface area contributed by atoms with E-state index in [1.807, 2.05) is 36.2 Å². The van der Waals surface area contributed by atoms with Crippen LogP contribution in [0.15, 0.2) is 36.7 Å². The third-order valence-corrected chi connectivity index (χ3v) is 5.62. The highest BCUT2D eigenvalue weighted by molar-refractivity contribution is 5.50. The molecule has 4 rings (SSSR count). The highest BCUT2D eigenvalue weighted by Crippen LogP contribution is 2.37. The SMILES string of the molecule is COc1cccc(N(C)C[C@H]2OC[C@H](Nc3cncc(C(F)(F)F)n3)[C@H]3OC(C)(C)O[C@H]32)c1. The van der Waals surface area contributed by atoms with E-state index in [0.717, 1.165) is 11.4 Å². The van der Waals surface area contributed by atoms with Gasteiger partial charge in [-0.1, -0.05) is 6.07 Å². The van der Waals surface area contributed by atoms with Crippen LogP contribution in [0, 0.1) is 0 Å². The summed E-state index contributed by atoms with van der Waals surface area (Å²) in [4.78, 5) is 9.33. The second-order valence-corrected chi connectivity index (χ2v) is 8.56. The number of alkyl halides is 3. The number of halogens is 3. The number of benzene rings is 1. The Morgan fingerprint density at radius 1 is 1.21 bits per heavy atom. The molecule has 2 aliphatic heterocycles. The van der Waals surface area contributed by atoms with E-state index in [1.54, 1.807) is 21.0 Å². The van der Waals surface area contributed by atoms with Crippen LogP contribution < -0.4 is 15.0 Å². The number of ether oxygens (including phenoxy) is 4. The highest BCUT2D eigenvalue weighted by Gasteiger charge is 2.52. The standard InChI is InChI=1S/C22H27F3N4O4/c1-21(2)32-19-15(27-18-10-26-9-17(28-18)22(23,24)25)12-31-16(20(19)33-21)11-29(3)13-6-5-7-14(8-13)30-4/h5-10,15-16,19-20H,11-12H2,1-4H3,(H,27,28)/t15-,16+,19+,20-/m0/s1. The molecule has 0 saturated carbocycles. The lowest BCUT2D eigenvalue weighted by Gasteiger charge is -2.39. The Balaban J connectivity index is 1.49. The first-order valence-electron chi connectivity index (χ1n) is 10.5. The third-order valence-electron chi connectivity index (χ3n) is 5.62. The molecule has 1 N–H and O–H groups in total. The highest BCUT2D eigenvalue weighted by atomic mass is 19.4. The fourth-order valence-corrected chi connectivity index (χ4v) is 4.10. The quantitative estimate of drug-likeness (QED) is 0.692. The van der Waals surface area contributed by atoms with Gasteiger partial charge in [0, 0.05) is 25.3 Å². The van der Waals surface area contributed by atoms with Crippen molar-refractivity contribution in [2.75, 3.05) is 37.5 Å². The Labute approximate surface area is 190 Å². The molecule has 0 amide bonds. The smallest absolute Gasteiger partial charge is 0.434 e. The molecule has 0 aliphatic carbocycles. The number of rotatable bonds is 6. The molecule has 1 aromatic heterocycles. The van der Waals surface area contributed by atoms with Crippen LogP contribution in [0.3, 0.4) is 0 Å². The zero-order valence-electron chi connectivity index (χ0n) is 18.8. The summed E-state index contributed by atoms with van der Waals surface area (Å²) in [6.07, 6.45) is -3.85. The topological polar surface area (TPSA) is 78.0 Å². The van der Waals surface area contributed by atoms with Crippen LogP contribution in [0.1, 0.15) is 19.5 Å². The number of fused-ring (bicyclic) bond motifs is 1. The molecule has 2 aliphatic rings. The molecule has 2 fully saturated rings. The normalized spacial score (nSPS) is 26.5. The van der Waals surface area contributed by atoms with Crippen molar-refractivity contribution in [3.63, 3.8) is 0 Å². The van der Waals surface area contributed by atoms with Crippen molar-refractivity contribution < 1.29 is 32.1 Å². The molecule has 1 aromatic carbocycles. The first-order valence-corrected chi connectivity index (χ1v) is 10.5. The zero-order valence-corrected chi connectivity index (χ0v) is 18.8. The Morgan fingerprint density at radius 2 is 1.97 bits per heavy atom. The summed E-state index contributed by atoms with van der Waals surface area (Å²) < 4.78 is 62.7. The molecular weight excluding hydrogens is 441 g/mol. The summed E-state index contributed by atoms with van der Waals surface area (Å²) in [5, 5.41) is 2.99. The second kappa shape index (κ2) is 8.96. The maximum absolute atomic E-state index is 13.0. The molecule has 0 bridgehead atoms. The van der Waals surface area contributed by atoms with Crippen molar-refractivity contribution in [3.05, 3.63) is 42.4 Å². The first-order chi connectivity index (χ1) is 15.6. The van der Waals surface area contributed by atoms with Crippen LogP contribution in [0.4, 0.5) is 24.7 Å². The van der Waals surface area contributed by atoms with Crippen LogP contribution in [0.25, 0.3) is 0 Å². The van der Waals surface area contributed by atoms with Crippen molar-refractivity contribution in [3.8, 4) is 5.75 Å². The van der Waals surface area contributed by atoms with Crippen LogP contribution >= 0.6 is 0 Å². The van der Waals surface area contributed by atoms with Gasteiger partial charge in [0.15, 0.2) is 11.5 Å². The molecule has 3 heterocycles. The Kier molecular flexibility index (Phi) is 6.39. The van der Waals surface area contributed by atoms with Gasteiger partial charge >= 0.3 is 6.18 Å². The van der Waals surface area contributed by atoms with Crippen LogP contribution in [-0.2, 0) is 20.4 Å². The van der Waals surface area contributed by atoms with Crippen molar-refractivity contribution in [2.24, 2.45) is 0 Å². The number of aromatic nitrogens is 2. The molecule has 0 radical (unpaired) electrons. The van der Waals surface area contributed by atoms with Crippen molar-refractivity contribution in [1.82, 2.24) is 9.97 Å². The molecule has 33 heavy (non-hydrogen) atoms. The predicted molar refractivity (Wildman–Crippen MR) is 114 cm³/mol.